The quantitative estimate of drug-likeness (QED) is 0.813. The minimum Gasteiger partial charge on any atom is -0.395 e. The summed E-state index contributed by atoms with van der Waals surface area (Å²) in [6.07, 6.45) is 2.40. The SMILES string of the molecule is Cc1cccc(C2CC(N[C@H](C)CO)C2)c1. The van der Waals surface area contributed by atoms with Gasteiger partial charge in [-0.05, 0) is 38.2 Å². The number of nitrogens with one attached hydrogen (secondary N) is 1. The van der Waals surface area contributed by atoms with Crippen LogP contribution in [0.3, 0.4) is 0 Å². The molecule has 2 nitrogen and oxygen atoms in total. The van der Waals surface area contributed by atoms with Gasteiger partial charge in [-0.25, -0.2) is 0 Å². The maximum absolute atomic E-state index is 8.96. The van der Waals surface area contributed by atoms with Gasteiger partial charge in [-0.1, -0.05) is 29.8 Å². The van der Waals surface area contributed by atoms with Crippen LogP contribution in [0.25, 0.3) is 0 Å². The van der Waals surface area contributed by atoms with Gasteiger partial charge in [0.1, 0.15) is 0 Å². The molecule has 0 aliphatic heterocycles. The zero-order chi connectivity index (χ0) is 11.5. The van der Waals surface area contributed by atoms with E-state index in [4.69, 9.17) is 5.11 Å². The van der Waals surface area contributed by atoms with Gasteiger partial charge in [0.15, 0.2) is 0 Å². The lowest BCUT2D eigenvalue weighted by atomic mass is 9.75. The largest absolute Gasteiger partial charge is 0.395 e. The predicted molar refractivity (Wildman–Crippen MR) is 66.6 cm³/mol. The van der Waals surface area contributed by atoms with E-state index in [2.05, 4.69) is 36.5 Å². The molecule has 88 valence electrons. The van der Waals surface area contributed by atoms with Crippen molar-refractivity contribution >= 4 is 0 Å². The second kappa shape index (κ2) is 4.98. The molecule has 2 N–H and O–H groups in total. The monoisotopic (exact) mass is 219 g/mol. The molecule has 2 rings (SSSR count). The van der Waals surface area contributed by atoms with E-state index in [-0.39, 0.29) is 12.6 Å². The van der Waals surface area contributed by atoms with Crippen LogP contribution in [0.2, 0.25) is 0 Å². The Balaban J connectivity index is 1.84. The zero-order valence-corrected chi connectivity index (χ0v) is 10.1. The number of aliphatic hydroxyl groups excluding tert-OH is 1. The normalized spacial score (nSPS) is 26.2. The van der Waals surface area contributed by atoms with Crippen molar-refractivity contribution in [3.8, 4) is 0 Å². The molecule has 1 fully saturated rings. The fraction of sp³-hybridized carbons (Fsp3) is 0.571. The van der Waals surface area contributed by atoms with Gasteiger partial charge in [-0.3, -0.25) is 0 Å². The standard InChI is InChI=1S/C14H21NO/c1-10-4-3-5-12(6-10)13-7-14(8-13)15-11(2)9-16/h3-6,11,13-16H,7-9H2,1-2H3/t11-,13?,14?/m1/s1. The van der Waals surface area contributed by atoms with Crippen LogP contribution in [0.4, 0.5) is 0 Å². The molecule has 1 aliphatic carbocycles. The highest BCUT2D eigenvalue weighted by Crippen LogP contribution is 2.37. The fourth-order valence-corrected chi connectivity index (χ4v) is 2.41. The van der Waals surface area contributed by atoms with E-state index in [1.54, 1.807) is 0 Å². The van der Waals surface area contributed by atoms with Crippen LogP contribution >= 0.6 is 0 Å². The summed E-state index contributed by atoms with van der Waals surface area (Å²) in [5.74, 6) is 0.711. The van der Waals surface area contributed by atoms with Crippen LogP contribution in [0.5, 0.6) is 0 Å². The van der Waals surface area contributed by atoms with Crippen molar-refractivity contribution in [2.24, 2.45) is 0 Å². The Morgan fingerprint density at radius 3 is 2.81 bits per heavy atom. The number of hydrogen-bond donors (Lipinski definition) is 2. The molecular weight excluding hydrogens is 198 g/mol. The second-order valence-electron chi connectivity index (χ2n) is 5.03. The summed E-state index contributed by atoms with van der Waals surface area (Å²) >= 11 is 0. The van der Waals surface area contributed by atoms with Crippen molar-refractivity contribution in [2.45, 2.75) is 44.7 Å². The lowest BCUT2D eigenvalue weighted by molar-refractivity contribution is 0.204. The molecule has 0 unspecified atom stereocenters. The van der Waals surface area contributed by atoms with Gasteiger partial charge in [-0.15, -0.1) is 0 Å². The van der Waals surface area contributed by atoms with Crippen LogP contribution in [0.15, 0.2) is 24.3 Å². The molecule has 1 aliphatic rings. The number of benzene rings is 1. The highest BCUT2D eigenvalue weighted by atomic mass is 16.3. The van der Waals surface area contributed by atoms with Gasteiger partial charge in [0.2, 0.25) is 0 Å². The van der Waals surface area contributed by atoms with Gasteiger partial charge in [0.05, 0.1) is 6.61 Å². The average Bonchev–Trinajstić information content (AvgIpc) is 2.22. The van der Waals surface area contributed by atoms with Crippen molar-refractivity contribution < 1.29 is 5.11 Å². The lowest BCUT2D eigenvalue weighted by Gasteiger charge is -2.38. The highest BCUT2D eigenvalue weighted by Gasteiger charge is 2.30. The van der Waals surface area contributed by atoms with Crippen molar-refractivity contribution in [3.63, 3.8) is 0 Å². The first-order valence-electron chi connectivity index (χ1n) is 6.12. The van der Waals surface area contributed by atoms with Gasteiger partial charge < -0.3 is 10.4 Å². The summed E-state index contributed by atoms with van der Waals surface area (Å²) in [5.41, 5.74) is 2.81. The molecule has 2 heteroatoms. The molecule has 1 saturated carbocycles. The summed E-state index contributed by atoms with van der Waals surface area (Å²) in [5, 5.41) is 12.4. The van der Waals surface area contributed by atoms with E-state index in [9.17, 15) is 0 Å². The zero-order valence-electron chi connectivity index (χ0n) is 10.1. The molecule has 0 bridgehead atoms. The van der Waals surface area contributed by atoms with Gasteiger partial charge in [0.25, 0.3) is 0 Å². The predicted octanol–water partition coefficient (Wildman–Crippen LogP) is 2.21. The van der Waals surface area contributed by atoms with Crippen molar-refractivity contribution in [1.29, 1.82) is 0 Å². The Bertz CT molecular complexity index is 344. The molecule has 0 saturated heterocycles. The third kappa shape index (κ3) is 2.63. The molecule has 0 heterocycles. The van der Waals surface area contributed by atoms with E-state index in [0.29, 0.717) is 12.0 Å². The van der Waals surface area contributed by atoms with Crippen LogP contribution in [0.1, 0.15) is 36.8 Å². The molecule has 1 aromatic carbocycles. The van der Waals surface area contributed by atoms with E-state index >= 15 is 0 Å². The first-order chi connectivity index (χ1) is 7.69. The Kier molecular flexibility index (Phi) is 3.62. The van der Waals surface area contributed by atoms with E-state index in [1.807, 2.05) is 6.92 Å². The summed E-state index contributed by atoms with van der Waals surface area (Å²) in [6, 6.07) is 9.61. The minimum absolute atomic E-state index is 0.225. The molecule has 0 spiro atoms. The Morgan fingerprint density at radius 1 is 1.44 bits per heavy atom. The molecule has 1 aromatic rings. The molecule has 0 aromatic heterocycles. The average molecular weight is 219 g/mol. The third-order valence-corrected chi connectivity index (χ3v) is 3.45. The lowest BCUT2D eigenvalue weighted by Crippen LogP contribution is -2.45. The second-order valence-corrected chi connectivity index (χ2v) is 5.03. The molecule has 0 radical (unpaired) electrons. The number of hydrogen-bond acceptors (Lipinski definition) is 2. The number of aliphatic hydroxyl groups is 1. The number of aryl methyl sites for hydroxylation is 1. The van der Waals surface area contributed by atoms with Gasteiger partial charge in [0, 0.05) is 12.1 Å². The first-order valence-corrected chi connectivity index (χ1v) is 6.12. The summed E-state index contributed by atoms with van der Waals surface area (Å²) in [6.45, 7) is 4.40. The molecule has 1 atom stereocenters. The summed E-state index contributed by atoms with van der Waals surface area (Å²) in [4.78, 5) is 0. The van der Waals surface area contributed by atoms with Crippen LogP contribution in [-0.2, 0) is 0 Å². The van der Waals surface area contributed by atoms with E-state index in [0.717, 1.165) is 0 Å². The summed E-state index contributed by atoms with van der Waals surface area (Å²) < 4.78 is 0. The van der Waals surface area contributed by atoms with Crippen LogP contribution in [-0.4, -0.2) is 23.8 Å². The van der Waals surface area contributed by atoms with Gasteiger partial charge in [-0.2, -0.15) is 0 Å². The Hall–Kier alpha value is -0.860. The molecule has 16 heavy (non-hydrogen) atoms. The first kappa shape index (κ1) is 11.6. The van der Waals surface area contributed by atoms with E-state index < -0.39 is 0 Å². The summed E-state index contributed by atoms with van der Waals surface area (Å²) in [7, 11) is 0. The van der Waals surface area contributed by atoms with Crippen molar-refractivity contribution in [3.05, 3.63) is 35.4 Å². The maximum Gasteiger partial charge on any atom is 0.0582 e. The third-order valence-electron chi connectivity index (χ3n) is 3.45. The Morgan fingerprint density at radius 2 is 2.19 bits per heavy atom. The topological polar surface area (TPSA) is 32.3 Å². The van der Waals surface area contributed by atoms with Gasteiger partial charge >= 0.3 is 0 Å². The van der Waals surface area contributed by atoms with Crippen molar-refractivity contribution in [2.75, 3.05) is 6.61 Å². The maximum atomic E-state index is 8.96. The van der Waals surface area contributed by atoms with Crippen LogP contribution in [0, 0.1) is 6.92 Å². The molecule has 0 amide bonds. The van der Waals surface area contributed by atoms with Crippen molar-refractivity contribution in [1.82, 2.24) is 5.32 Å². The van der Waals surface area contributed by atoms with E-state index in [1.165, 1.54) is 24.0 Å². The minimum atomic E-state index is 0.225. The Labute approximate surface area is 97.7 Å². The fourth-order valence-electron chi connectivity index (χ4n) is 2.41. The smallest absolute Gasteiger partial charge is 0.0582 e. The van der Waals surface area contributed by atoms with Crippen LogP contribution < -0.4 is 5.32 Å². The highest BCUT2D eigenvalue weighted by molar-refractivity contribution is 5.27. The number of rotatable bonds is 4. The molecular formula is C14H21NO.